The number of benzene rings is 3. The van der Waals surface area contributed by atoms with Gasteiger partial charge < -0.3 is 10.1 Å². The maximum atomic E-state index is 12.3. The van der Waals surface area contributed by atoms with E-state index in [4.69, 9.17) is 9.84 Å². The zero-order valence-electron chi connectivity index (χ0n) is 19.5. The van der Waals surface area contributed by atoms with E-state index >= 15 is 0 Å². The topological polar surface area (TPSA) is 97.6 Å². The number of halogens is 1. The van der Waals surface area contributed by atoms with E-state index < -0.39 is 5.91 Å². The molecule has 1 heterocycles. The van der Waals surface area contributed by atoms with Gasteiger partial charge in [-0.2, -0.15) is 10.2 Å². The second kappa shape index (κ2) is 11.9. The number of rotatable bonds is 9. The molecule has 9 heteroatoms. The molecular formula is C27H24BrN5O3. The molecule has 0 aliphatic heterocycles. The molecule has 0 aliphatic rings. The highest BCUT2D eigenvalue weighted by Gasteiger charge is 2.12. The van der Waals surface area contributed by atoms with Crippen LogP contribution in [0.1, 0.15) is 22.8 Å². The fourth-order valence-corrected chi connectivity index (χ4v) is 3.64. The monoisotopic (exact) mass is 545 g/mol. The highest BCUT2D eigenvalue weighted by atomic mass is 79.9. The average molecular weight is 546 g/mol. The lowest BCUT2D eigenvalue weighted by Crippen LogP contribution is -2.34. The predicted molar refractivity (Wildman–Crippen MR) is 142 cm³/mol. The molecule has 0 aliphatic carbocycles. The van der Waals surface area contributed by atoms with Crippen LogP contribution in [-0.2, 0) is 4.79 Å². The summed E-state index contributed by atoms with van der Waals surface area (Å²) in [6, 6.07) is 24.2. The number of carbonyl (C=O) groups excluding carboxylic acids is 2. The summed E-state index contributed by atoms with van der Waals surface area (Å²) in [5.74, 6) is -0.135. The highest BCUT2D eigenvalue weighted by Crippen LogP contribution is 2.24. The van der Waals surface area contributed by atoms with Crippen LogP contribution in [-0.4, -0.2) is 41.0 Å². The third-order valence-electron chi connectivity index (χ3n) is 5.11. The van der Waals surface area contributed by atoms with Crippen molar-refractivity contribution in [3.05, 3.63) is 101 Å². The standard InChI is InChI=1S/C27H24BrN5O3/c1-2-36-24-14-10-20(11-15-24)27(35)29-17-25(34)31-30-16-21-18-33(23-6-4-3-5-7-23)32-26(21)19-8-12-22(28)13-9-19/h3-16,18H,2,17H2,1H3,(H,29,35)(H,31,34)/b30-16+. The van der Waals surface area contributed by atoms with Gasteiger partial charge in [-0.25, -0.2) is 10.1 Å². The molecule has 0 radical (unpaired) electrons. The summed E-state index contributed by atoms with van der Waals surface area (Å²) in [5.41, 5.74) is 6.13. The molecule has 0 unspecified atom stereocenters. The van der Waals surface area contributed by atoms with Crippen molar-refractivity contribution in [2.24, 2.45) is 5.10 Å². The molecule has 3 aromatic carbocycles. The third-order valence-corrected chi connectivity index (χ3v) is 5.64. The van der Waals surface area contributed by atoms with Crippen LogP contribution in [0.4, 0.5) is 0 Å². The maximum absolute atomic E-state index is 12.3. The van der Waals surface area contributed by atoms with Crippen molar-refractivity contribution in [2.45, 2.75) is 6.92 Å². The van der Waals surface area contributed by atoms with E-state index in [-0.39, 0.29) is 12.5 Å². The Hall–Kier alpha value is -4.24. The summed E-state index contributed by atoms with van der Waals surface area (Å²) in [7, 11) is 0. The van der Waals surface area contributed by atoms with E-state index in [2.05, 4.69) is 31.8 Å². The lowest BCUT2D eigenvalue weighted by atomic mass is 10.1. The summed E-state index contributed by atoms with van der Waals surface area (Å²) in [6.07, 6.45) is 3.38. The van der Waals surface area contributed by atoms with E-state index in [1.165, 1.54) is 6.21 Å². The molecule has 0 saturated heterocycles. The van der Waals surface area contributed by atoms with Crippen molar-refractivity contribution in [3.63, 3.8) is 0 Å². The minimum atomic E-state index is -0.453. The molecule has 2 amide bonds. The van der Waals surface area contributed by atoms with Crippen molar-refractivity contribution in [3.8, 4) is 22.7 Å². The van der Waals surface area contributed by atoms with Crippen molar-refractivity contribution in [1.82, 2.24) is 20.5 Å². The fraction of sp³-hybridized carbons (Fsp3) is 0.111. The number of nitrogens with zero attached hydrogens (tertiary/aromatic N) is 3. The molecule has 0 atom stereocenters. The number of amides is 2. The Kier molecular flexibility index (Phi) is 8.25. The van der Waals surface area contributed by atoms with E-state index in [0.717, 1.165) is 21.3 Å². The fourth-order valence-electron chi connectivity index (χ4n) is 3.37. The van der Waals surface area contributed by atoms with Gasteiger partial charge in [0.05, 0.1) is 25.1 Å². The van der Waals surface area contributed by atoms with Crippen LogP contribution in [0.15, 0.2) is 94.6 Å². The largest absolute Gasteiger partial charge is 0.494 e. The number of ether oxygens (including phenoxy) is 1. The number of nitrogens with one attached hydrogen (secondary N) is 2. The first-order valence-electron chi connectivity index (χ1n) is 11.3. The molecule has 0 spiro atoms. The molecule has 0 saturated carbocycles. The Labute approximate surface area is 217 Å². The van der Waals surface area contributed by atoms with Gasteiger partial charge in [-0.15, -0.1) is 0 Å². The molecule has 1 aromatic heterocycles. The highest BCUT2D eigenvalue weighted by molar-refractivity contribution is 9.10. The zero-order chi connectivity index (χ0) is 25.3. The van der Waals surface area contributed by atoms with Gasteiger partial charge in [0.1, 0.15) is 11.4 Å². The van der Waals surface area contributed by atoms with Crippen LogP contribution in [0.5, 0.6) is 5.75 Å². The third kappa shape index (κ3) is 6.45. The smallest absolute Gasteiger partial charge is 0.259 e. The number of para-hydroxylation sites is 1. The SMILES string of the molecule is CCOc1ccc(C(=O)NCC(=O)N/N=C/c2cn(-c3ccccc3)nc2-c2ccc(Br)cc2)cc1. The van der Waals surface area contributed by atoms with Crippen LogP contribution in [0.2, 0.25) is 0 Å². The second-order valence-electron chi connectivity index (χ2n) is 7.65. The number of hydrogen-bond acceptors (Lipinski definition) is 5. The van der Waals surface area contributed by atoms with Gasteiger partial charge in [0.25, 0.3) is 11.8 Å². The Morgan fingerprint density at radius 1 is 1.03 bits per heavy atom. The summed E-state index contributed by atoms with van der Waals surface area (Å²) < 4.78 is 8.09. The van der Waals surface area contributed by atoms with Gasteiger partial charge in [0.15, 0.2) is 0 Å². The van der Waals surface area contributed by atoms with Crippen LogP contribution in [0.3, 0.4) is 0 Å². The van der Waals surface area contributed by atoms with Crippen LogP contribution in [0.25, 0.3) is 16.9 Å². The zero-order valence-corrected chi connectivity index (χ0v) is 21.1. The van der Waals surface area contributed by atoms with Crippen LogP contribution in [0, 0.1) is 0 Å². The number of carbonyl (C=O) groups is 2. The second-order valence-corrected chi connectivity index (χ2v) is 8.57. The Morgan fingerprint density at radius 3 is 2.44 bits per heavy atom. The number of hydrazone groups is 1. The van der Waals surface area contributed by atoms with Gasteiger partial charge in [-0.3, -0.25) is 9.59 Å². The normalized spacial score (nSPS) is 10.8. The van der Waals surface area contributed by atoms with Crippen LogP contribution >= 0.6 is 15.9 Å². The summed E-state index contributed by atoms with van der Waals surface area (Å²) >= 11 is 3.45. The van der Waals surface area contributed by atoms with Gasteiger partial charge in [-0.1, -0.05) is 46.3 Å². The van der Waals surface area contributed by atoms with Crippen LogP contribution < -0.4 is 15.5 Å². The van der Waals surface area contributed by atoms with Gasteiger partial charge in [0.2, 0.25) is 0 Å². The molecule has 36 heavy (non-hydrogen) atoms. The van der Waals surface area contributed by atoms with Gasteiger partial charge >= 0.3 is 0 Å². The minimum absolute atomic E-state index is 0.216. The summed E-state index contributed by atoms with van der Waals surface area (Å²) in [5, 5.41) is 11.4. The summed E-state index contributed by atoms with van der Waals surface area (Å²) in [6.45, 7) is 2.22. The molecule has 4 rings (SSSR count). The first-order valence-corrected chi connectivity index (χ1v) is 12.1. The number of aromatic nitrogens is 2. The lowest BCUT2D eigenvalue weighted by molar-refractivity contribution is -0.120. The van der Waals surface area contributed by atoms with Gasteiger partial charge in [0, 0.05) is 27.4 Å². The Balaban J connectivity index is 1.41. The van der Waals surface area contributed by atoms with Crippen molar-refractivity contribution >= 4 is 34.0 Å². The van der Waals surface area contributed by atoms with Gasteiger partial charge in [-0.05, 0) is 55.5 Å². The molecular weight excluding hydrogens is 522 g/mol. The molecule has 2 N–H and O–H groups in total. The molecule has 4 aromatic rings. The average Bonchev–Trinajstić information content (AvgIpc) is 3.33. The molecule has 0 bridgehead atoms. The van der Waals surface area contributed by atoms with Crippen molar-refractivity contribution in [1.29, 1.82) is 0 Å². The van der Waals surface area contributed by atoms with E-state index in [0.29, 0.717) is 23.6 Å². The van der Waals surface area contributed by atoms with Crippen molar-refractivity contribution < 1.29 is 14.3 Å². The first kappa shape index (κ1) is 24.9. The minimum Gasteiger partial charge on any atom is -0.494 e. The summed E-state index contributed by atoms with van der Waals surface area (Å²) in [4.78, 5) is 24.5. The van der Waals surface area contributed by atoms with E-state index in [1.54, 1.807) is 28.9 Å². The van der Waals surface area contributed by atoms with E-state index in [9.17, 15) is 9.59 Å². The molecule has 8 nitrogen and oxygen atoms in total. The predicted octanol–water partition coefficient (Wildman–Crippen LogP) is 4.58. The first-order chi connectivity index (χ1) is 17.5. The molecule has 182 valence electrons. The lowest BCUT2D eigenvalue weighted by Gasteiger charge is -2.06. The quantitative estimate of drug-likeness (QED) is 0.237. The Morgan fingerprint density at radius 2 is 1.75 bits per heavy atom. The van der Waals surface area contributed by atoms with E-state index in [1.807, 2.05) is 67.7 Å². The maximum Gasteiger partial charge on any atom is 0.259 e. The Bertz CT molecular complexity index is 1350. The number of hydrogen-bond donors (Lipinski definition) is 2. The molecule has 0 fully saturated rings. The van der Waals surface area contributed by atoms with Crippen molar-refractivity contribution in [2.75, 3.05) is 13.2 Å².